The van der Waals surface area contributed by atoms with Crippen LogP contribution in [0.4, 0.5) is 5.69 Å². The monoisotopic (exact) mass is 215 g/mol. The van der Waals surface area contributed by atoms with Gasteiger partial charge in [-0.25, -0.2) is 18.1 Å². The Balaban J connectivity index is 2.99. The van der Waals surface area contributed by atoms with E-state index in [-0.39, 0.29) is 11.1 Å². The fourth-order valence-electron chi connectivity index (χ4n) is 0.921. The first kappa shape index (κ1) is 10.9. The SMILES string of the molecule is CC(C)NS(=O)(=O)c1ccc(N)cn1. The van der Waals surface area contributed by atoms with E-state index in [0.29, 0.717) is 5.69 Å². The Morgan fingerprint density at radius 3 is 2.50 bits per heavy atom. The third kappa shape index (κ3) is 2.68. The number of anilines is 1. The van der Waals surface area contributed by atoms with Crippen molar-refractivity contribution in [1.82, 2.24) is 9.71 Å². The molecule has 0 aliphatic carbocycles. The molecule has 6 heteroatoms. The summed E-state index contributed by atoms with van der Waals surface area (Å²) < 4.78 is 25.5. The highest BCUT2D eigenvalue weighted by molar-refractivity contribution is 7.89. The lowest BCUT2D eigenvalue weighted by Crippen LogP contribution is -2.30. The van der Waals surface area contributed by atoms with E-state index < -0.39 is 10.0 Å². The third-order valence-electron chi connectivity index (χ3n) is 1.43. The van der Waals surface area contributed by atoms with Gasteiger partial charge in [-0.3, -0.25) is 0 Å². The van der Waals surface area contributed by atoms with Gasteiger partial charge in [0.15, 0.2) is 5.03 Å². The average Bonchev–Trinajstić information content (AvgIpc) is 2.02. The molecule has 0 spiro atoms. The van der Waals surface area contributed by atoms with Crippen LogP contribution in [0.15, 0.2) is 23.4 Å². The molecule has 0 unspecified atom stereocenters. The summed E-state index contributed by atoms with van der Waals surface area (Å²) in [5, 5.41) is -0.0135. The largest absolute Gasteiger partial charge is 0.397 e. The summed E-state index contributed by atoms with van der Waals surface area (Å²) in [5.41, 5.74) is 5.83. The molecule has 0 atom stereocenters. The summed E-state index contributed by atoms with van der Waals surface area (Å²) in [7, 11) is -3.49. The van der Waals surface area contributed by atoms with Gasteiger partial charge in [-0.05, 0) is 26.0 Å². The summed E-state index contributed by atoms with van der Waals surface area (Å²) in [6.07, 6.45) is 1.31. The van der Waals surface area contributed by atoms with Gasteiger partial charge < -0.3 is 5.73 Å². The predicted molar refractivity (Wildman–Crippen MR) is 54.1 cm³/mol. The molecule has 0 saturated heterocycles. The van der Waals surface area contributed by atoms with Crippen LogP contribution in [-0.4, -0.2) is 19.4 Å². The highest BCUT2D eigenvalue weighted by atomic mass is 32.2. The number of nitrogen functional groups attached to an aromatic ring is 1. The topological polar surface area (TPSA) is 85.1 Å². The Bertz CT molecular complexity index is 397. The van der Waals surface area contributed by atoms with Crippen LogP contribution in [-0.2, 0) is 10.0 Å². The smallest absolute Gasteiger partial charge is 0.258 e. The van der Waals surface area contributed by atoms with Gasteiger partial charge in [0.1, 0.15) is 0 Å². The van der Waals surface area contributed by atoms with E-state index in [2.05, 4.69) is 9.71 Å². The number of aromatic nitrogens is 1. The maximum absolute atomic E-state index is 11.5. The van der Waals surface area contributed by atoms with E-state index in [0.717, 1.165) is 0 Å². The lowest BCUT2D eigenvalue weighted by Gasteiger charge is -2.08. The number of nitrogens with two attached hydrogens (primary N) is 1. The van der Waals surface area contributed by atoms with Crippen molar-refractivity contribution in [1.29, 1.82) is 0 Å². The number of pyridine rings is 1. The standard InChI is InChI=1S/C8H13N3O2S/c1-6(2)11-14(12,13)8-4-3-7(9)5-10-8/h3-6,11H,9H2,1-2H3. The number of nitrogens with one attached hydrogen (secondary N) is 1. The molecule has 3 N–H and O–H groups in total. The summed E-state index contributed by atoms with van der Waals surface area (Å²) in [6.45, 7) is 3.49. The van der Waals surface area contributed by atoms with Crippen molar-refractivity contribution in [2.45, 2.75) is 24.9 Å². The van der Waals surface area contributed by atoms with Gasteiger partial charge in [0, 0.05) is 6.04 Å². The molecule has 0 aliphatic heterocycles. The summed E-state index contributed by atoms with van der Waals surface area (Å²) in [6, 6.07) is 2.72. The molecule has 5 nitrogen and oxygen atoms in total. The van der Waals surface area contributed by atoms with Gasteiger partial charge in [0.05, 0.1) is 11.9 Å². The third-order valence-corrected chi connectivity index (χ3v) is 3.00. The first-order valence-corrected chi connectivity index (χ1v) is 5.64. The fraction of sp³-hybridized carbons (Fsp3) is 0.375. The Kier molecular flexibility index (Phi) is 3.07. The molecule has 1 rings (SSSR count). The average molecular weight is 215 g/mol. The Morgan fingerprint density at radius 2 is 2.07 bits per heavy atom. The lowest BCUT2D eigenvalue weighted by atomic mass is 10.4. The van der Waals surface area contributed by atoms with Gasteiger partial charge in [-0.2, -0.15) is 0 Å². The van der Waals surface area contributed by atoms with E-state index in [1.165, 1.54) is 18.3 Å². The van der Waals surface area contributed by atoms with Crippen molar-refractivity contribution in [3.63, 3.8) is 0 Å². The van der Waals surface area contributed by atoms with Crippen LogP contribution in [0, 0.1) is 0 Å². The molecule has 0 bridgehead atoms. The van der Waals surface area contributed by atoms with Crippen LogP contribution in [0.3, 0.4) is 0 Å². The number of hydrogen-bond donors (Lipinski definition) is 2. The second kappa shape index (κ2) is 3.93. The first-order chi connectivity index (χ1) is 6.42. The highest BCUT2D eigenvalue weighted by Gasteiger charge is 2.15. The van der Waals surface area contributed by atoms with Crippen molar-refractivity contribution in [2.24, 2.45) is 0 Å². The van der Waals surface area contributed by atoms with E-state index >= 15 is 0 Å². The van der Waals surface area contributed by atoms with Gasteiger partial charge in [-0.1, -0.05) is 0 Å². The Morgan fingerprint density at radius 1 is 1.43 bits per heavy atom. The van der Waals surface area contributed by atoms with E-state index in [1.54, 1.807) is 13.8 Å². The molecular formula is C8H13N3O2S. The second-order valence-corrected chi connectivity index (χ2v) is 4.87. The maximum atomic E-state index is 11.5. The Labute approximate surface area is 83.4 Å². The summed E-state index contributed by atoms with van der Waals surface area (Å²) in [4.78, 5) is 3.73. The van der Waals surface area contributed by atoms with Crippen LogP contribution >= 0.6 is 0 Å². The van der Waals surface area contributed by atoms with Crippen LogP contribution in [0.25, 0.3) is 0 Å². The quantitative estimate of drug-likeness (QED) is 0.762. The van der Waals surface area contributed by atoms with Gasteiger partial charge in [-0.15, -0.1) is 0 Å². The van der Waals surface area contributed by atoms with Crippen LogP contribution in [0.2, 0.25) is 0 Å². The van der Waals surface area contributed by atoms with Gasteiger partial charge in [0.2, 0.25) is 0 Å². The molecule has 0 amide bonds. The molecule has 0 aliphatic rings. The van der Waals surface area contributed by atoms with E-state index in [9.17, 15) is 8.42 Å². The Hall–Kier alpha value is -1.14. The molecule has 0 radical (unpaired) electrons. The lowest BCUT2D eigenvalue weighted by molar-refractivity contribution is 0.566. The summed E-state index contributed by atoms with van der Waals surface area (Å²) in [5.74, 6) is 0. The first-order valence-electron chi connectivity index (χ1n) is 4.15. The fourth-order valence-corrected chi connectivity index (χ4v) is 2.10. The highest BCUT2D eigenvalue weighted by Crippen LogP contribution is 2.07. The van der Waals surface area contributed by atoms with Crippen molar-refractivity contribution >= 4 is 15.7 Å². The summed E-state index contributed by atoms with van der Waals surface area (Å²) >= 11 is 0. The van der Waals surface area contributed by atoms with Crippen molar-refractivity contribution in [3.05, 3.63) is 18.3 Å². The van der Waals surface area contributed by atoms with Crippen molar-refractivity contribution in [2.75, 3.05) is 5.73 Å². The molecule has 0 aromatic carbocycles. The molecular weight excluding hydrogens is 202 g/mol. The minimum absolute atomic E-state index is 0.0135. The van der Waals surface area contributed by atoms with Crippen LogP contribution < -0.4 is 10.5 Å². The van der Waals surface area contributed by atoms with Gasteiger partial charge in [0.25, 0.3) is 10.0 Å². The molecule has 0 saturated carbocycles. The molecule has 1 aromatic heterocycles. The zero-order valence-electron chi connectivity index (χ0n) is 8.06. The normalized spacial score (nSPS) is 11.9. The molecule has 14 heavy (non-hydrogen) atoms. The van der Waals surface area contributed by atoms with Crippen molar-refractivity contribution in [3.8, 4) is 0 Å². The maximum Gasteiger partial charge on any atom is 0.258 e. The van der Waals surface area contributed by atoms with Crippen LogP contribution in [0.1, 0.15) is 13.8 Å². The molecule has 0 fully saturated rings. The van der Waals surface area contributed by atoms with E-state index in [4.69, 9.17) is 5.73 Å². The predicted octanol–water partition coefficient (Wildman–Crippen LogP) is 0.350. The van der Waals surface area contributed by atoms with Crippen molar-refractivity contribution < 1.29 is 8.42 Å². The number of sulfonamides is 1. The molecule has 78 valence electrons. The minimum Gasteiger partial charge on any atom is -0.397 e. The number of rotatable bonds is 3. The number of nitrogens with zero attached hydrogens (tertiary/aromatic N) is 1. The zero-order valence-corrected chi connectivity index (χ0v) is 8.88. The van der Waals surface area contributed by atoms with Gasteiger partial charge >= 0.3 is 0 Å². The molecule has 1 aromatic rings. The number of hydrogen-bond acceptors (Lipinski definition) is 4. The molecule has 1 heterocycles. The van der Waals surface area contributed by atoms with Crippen LogP contribution in [0.5, 0.6) is 0 Å². The zero-order chi connectivity index (χ0) is 10.8. The second-order valence-electron chi connectivity index (χ2n) is 3.21. The van der Waals surface area contributed by atoms with E-state index in [1.807, 2.05) is 0 Å². The minimum atomic E-state index is -3.49.